The first-order valence-electron chi connectivity index (χ1n) is 5.02. The Morgan fingerprint density at radius 2 is 2.06 bits per heavy atom. The van der Waals surface area contributed by atoms with E-state index in [2.05, 4.69) is 10.5 Å². The molecule has 1 aromatic heterocycles. The molecule has 1 unspecified atom stereocenters. The highest BCUT2D eigenvalue weighted by molar-refractivity contribution is 6.31. The fourth-order valence-corrected chi connectivity index (χ4v) is 2.01. The molecule has 0 aliphatic rings. The molecular formula is C11H12ClFN4. The minimum absolute atomic E-state index is 0.291. The van der Waals surface area contributed by atoms with Crippen molar-refractivity contribution >= 4 is 11.6 Å². The largest absolute Gasteiger partial charge is 0.271 e. The summed E-state index contributed by atoms with van der Waals surface area (Å²) in [7, 11) is 1.77. The molecule has 1 atom stereocenters. The average Bonchev–Trinajstić information content (AvgIpc) is 2.64. The van der Waals surface area contributed by atoms with Crippen LogP contribution in [-0.4, -0.2) is 9.78 Å². The summed E-state index contributed by atoms with van der Waals surface area (Å²) in [4.78, 5) is 0. The molecule has 17 heavy (non-hydrogen) atoms. The van der Waals surface area contributed by atoms with E-state index in [9.17, 15) is 4.39 Å². The Balaban J connectivity index is 2.43. The molecule has 0 saturated carbocycles. The van der Waals surface area contributed by atoms with Gasteiger partial charge in [-0.25, -0.2) is 9.82 Å². The molecular weight excluding hydrogens is 243 g/mol. The zero-order valence-electron chi connectivity index (χ0n) is 9.19. The molecule has 1 heterocycles. The quantitative estimate of drug-likeness (QED) is 0.648. The monoisotopic (exact) mass is 254 g/mol. The lowest BCUT2D eigenvalue weighted by atomic mass is 10.0. The van der Waals surface area contributed by atoms with Crippen molar-refractivity contribution in [1.29, 1.82) is 0 Å². The van der Waals surface area contributed by atoms with E-state index in [4.69, 9.17) is 17.4 Å². The van der Waals surface area contributed by atoms with Crippen LogP contribution in [0, 0.1) is 5.82 Å². The van der Waals surface area contributed by atoms with E-state index in [-0.39, 0.29) is 11.9 Å². The number of aryl methyl sites for hydroxylation is 1. The average molecular weight is 255 g/mol. The van der Waals surface area contributed by atoms with Crippen LogP contribution < -0.4 is 11.3 Å². The molecule has 0 bridgehead atoms. The van der Waals surface area contributed by atoms with Gasteiger partial charge in [0.05, 0.1) is 23.0 Å². The first-order chi connectivity index (χ1) is 8.13. The predicted octanol–water partition coefficient (Wildman–Crippen LogP) is 1.77. The Labute approximate surface area is 103 Å². The number of hydrogen-bond donors (Lipinski definition) is 2. The summed E-state index contributed by atoms with van der Waals surface area (Å²) in [6.45, 7) is 0. The fourth-order valence-electron chi connectivity index (χ4n) is 1.73. The van der Waals surface area contributed by atoms with Crippen LogP contribution >= 0.6 is 11.6 Å². The molecule has 0 aliphatic heterocycles. The maximum Gasteiger partial charge on any atom is 0.123 e. The fraction of sp³-hybridized carbons (Fsp3) is 0.182. The molecule has 0 spiro atoms. The van der Waals surface area contributed by atoms with Gasteiger partial charge in [0.25, 0.3) is 0 Å². The van der Waals surface area contributed by atoms with Crippen molar-refractivity contribution in [2.45, 2.75) is 6.04 Å². The number of nitrogens with two attached hydrogens (primary N) is 1. The summed E-state index contributed by atoms with van der Waals surface area (Å²) >= 11 is 6.05. The van der Waals surface area contributed by atoms with Crippen LogP contribution in [0.1, 0.15) is 17.3 Å². The van der Waals surface area contributed by atoms with E-state index in [1.54, 1.807) is 30.1 Å². The Kier molecular flexibility index (Phi) is 3.42. The lowest BCUT2D eigenvalue weighted by Gasteiger charge is -2.17. The lowest BCUT2D eigenvalue weighted by molar-refractivity contribution is 0.572. The molecule has 0 saturated heterocycles. The number of aromatic nitrogens is 2. The van der Waals surface area contributed by atoms with Crippen molar-refractivity contribution in [3.63, 3.8) is 0 Å². The molecule has 90 valence electrons. The van der Waals surface area contributed by atoms with E-state index in [0.717, 1.165) is 11.3 Å². The Morgan fingerprint density at radius 1 is 1.41 bits per heavy atom. The van der Waals surface area contributed by atoms with Gasteiger partial charge in [0.2, 0.25) is 0 Å². The highest BCUT2D eigenvalue weighted by Gasteiger charge is 2.19. The van der Waals surface area contributed by atoms with E-state index in [1.165, 1.54) is 12.1 Å². The second-order valence-electron chi connectivity index (χ2n) is 3.65. The summed E-state index contributed by atoms with van der Waals surface area (Å²) in [5, 5.41) is 4.56. The van der Waals surface area contributed by atoms with Crippen LogP contribution in [0.4, 0.5) is 4.39 Å². The summed E-state index contributed by atoms with van der Waals surface area (Å²) in [5.74, 6) is 5.24. The number of halogens is 2. The van der Waals surface area contributed by atoms with Crippen LogP contribution in [-0.2, 0) is 7.05 Å². The third-order valence-corrected chi connectivity index (χ3v) is 2.87. The first-order valence-corrected chi connectivity index (χ1v) is 5.40. The molecule has 0 aliphatic carbocycles. The standard InChI is InChI=1S/C11H12ClFN4/c1-17-11(9(12)6-15-17)10(16-14)7-2-4-8(13)5-3-7/h2-6,10,16H,14H2,1H3. The number of nitrogens with one attached hydrogen (secondary N) is 1. The topological polar surface area (TPSA) is 55.9 Å². The van der Waals surface area contributed by atoms with Gasteiger partial charge >= 0.3 is 0 Å². The van der Waals surface area contributed by atoms with E-state index in [1.807, 2.05) is 0 Å². The number of nitrogens with zero attached hydrogens (tertiary/aromatic N) is 2. The van der Waals surface area contributed by atoms with Gasteiger partial charge in [-0.05, 0) is 17.7 Å². The smallest absolute Gasteiger partial charge is 0.123 e. The van der Waals surface area contributed by atoms with E-state index in [0.29, 0.717) is 5.02 Å². The molecule has 0 amide bonds. The maximum atomic E-state index is 12.9. The lowest BCUT2D eigenvalue weighted by Crippen LogP contribution is -2.30. The molecule has 0 radical (unpaired) electrons. The second-order valence-corrected chi connectivity index (χ2v) is 4.06. The van der Waals surface area contributed by atoms with Gasteiger partial charge in [-0.1, -0.05) is 23.7 Å². The van der Waals surface area contributed by atoms with Crippen molar-refractivity contribution < 1.29 is 4.39 Å². The summed E-state index contributed by atoms with van der Waals surface area (Å²) in [6, 6.07) is 5.75. The SMILES string of the molecule is Cn1ncc(Cl)c1C(NN)c1ccc(F)cc1. The Bertz CT molecular complexity index is 489. The van der Waals surface area contributed by atoms with Crippen molar-refractivity contribution in [2.75, 3.05) is 0 Å². The van der Waals surface area contributed by atoms with Gasteiger partial charge in [0.1, 0.15) is 5.82 Å². The summed E-state index contributed by atoms with van der Waals surface area (Å²) < 4.78 is 14.5. The molecule has 1 aromatic carbocycles. The normalized spacial score (nSPS) is 12.7. The predicted molar refractivity (Wildman–Crippen MR) is 63.8 cm³/mol. The second kappa shape index (κ2) is 4.83. The van der Waals surface area contributed by atoms with Crippen molar-refractivity contribution in [3.8, 4) is 0 Å². The Morgan fingerprint density at radius 3 is 2.53 bits per heavy atom. The van der Waals surface area contributed by atoms with Gasteiger partial charge in [-0.3, -0.25) is 10.5 Å². The maximum absolute atomic E-state index is 12.9. The third-order valence-electron chi connectivity index (χ3n) is 2.58. The third kappa shape index (κ3) is 2.31. The van der Waals surface area contributed by atoms with Crippen LogP contribution in [0.5, 0.6) is 0 Å². The van der Waals surface area contributed by atoms with Crippen molar-refractivity contribution in [1.82, 2.24) is 15.2 Å². The van der Waals surface area contributed by atoms with Crippen LogP contribution in [0.25, 0.3) is 0 Å². The van der Waals surface area contributed by atoms with Crippen LogP contribution in [0.2, 0.25) is 5.02 Å². The minimum Gasteiger partial charge on any atom is -0.271 e. The van der Waals surface area contributed by atoms with Crippen LogP contribution in [0.3, 0.4) is 0 Å². The number of hydrazine groups is 1. The minimum atomic E-state index is -0.324. The molecule has 2 aromatic rings. The number of rotatable bonds is 3. The van der Waals surface area contributed by atoms with Gasteiger partial charge in [-0.2, -0.15) is 5.10 Å². The number of benzene rings is 1. The zero-order valence-corrected chi connectivity index (χ0v) is 9.95. The van der Waals surface area contributed by atoms with Gasteiger partial charge < -0.3 is 0 Å². The van der Waals surface area contributed by atoms with Gasteiger partial charge in [0, 0.05) is 7.05 Å². The summed E-state index contributed by atoms with van der Waals surface area (Å²) in [6.07, 6.45) is 1.55. The van der Waals surface area contributed by atoms with Gasteiger partial charge in [-0.15, -0.1) is 0 Å². The molecule has 0 fully saturated rings. The molecule has 4 nitrogen and oxygen atoms in total. The summed E-state index contributed by atoms with van der Waals surface area (Å²) in [5.41, 5.74) is 4.21. The van der Waals surface area contributed by atoms with Crippen molar-refractivity contribution in [3.05, 3.63) is 52.6 Å². The van der Waals surface area contributed by atoms with Crippen molar-refractivity contribution in [2.24, 2.45) is 12.9 Å². The van der Waals surface area contributed by atoms with E-state index < -0.39 is 0 Å². The van der Waals surface area contributed by atoms with Gasteiger partial charge in [0.15, 0.2) is 0 Å². The molecule has 3 N–H and O–H groups in total. The Hall–Kier alpha value is -1.43. The highest BCUT2D eigenvalue weighted by atomic mass is 35.5. The number of hydrogen-bond acceptors (Lipinski definition) is 3. The van der Waals surface area contributed by atoms with Crippen LogP contribution in [0.15, 0.2) is 30.5 Å². The van der Waals surface area contributed by atoms with E-state index >= 15 is 0 Å². The molecule has 6 heteroatoms. The molecule has 2 rings (SSSR count). The highest BCUT2D eigenvalue weighted by Crippen LogP contribution is 2.27. The zero-order chi connectivity index (χ0) is 12.4. The first kappa shape index (κ1) is 12.0.